The van der Waals surface area contributed by atoms with E-state index in [9.17, 15) is 9.59 Å². The van der Waals surface area contributed by atoms with E-state index in [0.29, 0.717) is 22.2 Å². The number of rotatable bonds is 4. The van der Waals surface area contributed by atoms with Crippen LogP contribution in [0.3, 0.4) is 0 Å². The van der Waals surface area contributed by atoms with Crippen LogP contribution in [-0.2, 0) is 6.54 Å². The summed E-state index contributed by atoms with van der Waals surface area (Å²) in [6.07, 6.45) is 1.84. The smallest absolute Gasteiger partial charge is 0.335 e. The molecule has 0 saturated carbocycles. The third-order valence-corrected chi connectivity index (χ3v) is 3.29. The summed E-state index contributed by atoms with van der Waals surface area (Å²) < 4.78 is 1.84. The number of nitrogens with zero attached hydrogens (tertiary/aromatic N) is 1. The van der Waals surface area contributed by atoms with Crippen LogP contribution in [0.5, 0.6) is 0 Å². The predicted molar refractivity (Wildman–Crippen MR) is 75.3 cm³/mol. The molecule has 100 valence electrons. The van der Waals surface area contributed by atoms with Gasteiger partial charge in [-0.25, -0.2) is 4.79 Å². The number of carboxylic acids is 1. The number of nitrogens with one attached hydrogen (secondary N) is 1. The van der Waals surface area contributed by atoms with Crippen LogP contribution in [0.25, 0.3) is 10.9 Å². The van der Waals surface area contributed by atoms with Gasteiger partial charge in [0.15, 0.2) is 4.77 Å². The van der Waals surface area contributed by atoms with Gasteiger partial charge in [-0.05, 0) is 36.8 Å². The van der Waals surface area contributed by atoms with Gasteiger partial charge in [0.25, 0.3) is 5.56 Å². The Morgan fingerprint density at radius 3 is 2.84 bits per heavy atom. The van der Waals surface area contributed by atoms with Gasteiger partial charge in [0.1, 0.15) is 0 Å². The van der Waals surface area contributed by atoms with Crippen LogP contribution in [0, 0.1) is 4.77 Å². The molecule has 0 saturated heterocycles. The SMILES string of the molecule is CCCCn1c(=S)[nH]c2cc(C(=O)O)ccc2c1=O. The first-order valence-electron chi connectivity index (χ1n) is 6.04. The van der Waals surface area contributed by atoms with E-state index in [1.165, 1.54) is 22.8 Å². The largest absolute Gasteiger partial charge is 0.478 e. The fourth-order valence-electron chi connectivity index (χ4n) is 1.91. The third kappa shape index (κ3) is 2.58. The quantitative estimate of drug-likeness (QED) is 0.843. The Morgan fingerprint density at radius 2 is 2.21 bits per heavy atom. The maximum absolute atomic E-state index is 12.3. The van der Waals surface area contributed by atoms with Crippen molar-refractivity contribution in [1.29, 1.82) is 0 Å². The highest BCUT2D eigenvalue weighted by molar-refractivity contribution is 7.71. The van der Waals surface area contributed by atoms with Crippen molar-refractivity contribution in [3.05, 3.63) is 38.9 Å². The minimum Gasteiger partial charge on any atom is -0.478 e. The number of unbranched alkanes of at least 4 members (excludes halogenated alkanes) is 1. The first kappa shape index (κ1) is 13.5. The van der Waals surface area contributed by atoms with Gasteiger partial charge in [-0.3, -0.25) is 9.36 Å². The first-order valence-corrected chi connectivity index (χ1v) is 6.45. The van der Waals surface area contributed by atoms with Gasteiger partial charge in [0, 0.05) is 6.54 Å². The summed E-state index contributed by atoms with van der Waals surface area (Å²) in [5.41, 5.74) is 0.413. The molecule has 0 aliphatic heterocycles. The van der Waals surface area contributed by atoms with Gasteiger partial charge in [-0.2, -0.15) is 0 Å². The summed E-state index contributed by atoms with van der Waals surface area (Å²) in [6.45, 7) is 2.61. The number of aromatic carboxylic acids is 1. The number of benzene rings is 1. The molecule has 2 aromatic rings. The first-order chi connectivity index (χ1) is 9.04. The van der Waals surface area contributed by atoms with Crippen molar-refractivity contribution in [3.8, 4) is 0 Å². The van der Waals surface area contributed by atoms with Crippen molar-refractivity contribution in [2.24, 2.45) is 0 Å². The Bertz CT molecular complexity index is 746. The maximum atomic E-state index is 12.3. The van der Waals surface area contributed by atoms with Crippen LogP contribution in [0.2, 0.25) is 0 Å². The van der Waals surface area contributed by atoms with Gasteiger partial charge in [0.05, 0.1) is 16.5 Å². The molecule has 0 unspecified atom stereocenters. The summed E-state index contributed by atoms with van der Waals surface area (Å²) in [4.78, 5) is 26.1. The van der Waals surface area contributed by atoms with Crippen molar-refractivity contribution < 1.29 is 9.90 Å². The number of carbonyl (C=O) groups is 1. The fourth-order valence-corrected chi connectivity index (χ4v) is 2.19. The number of aromatic nitrogens is 2. The minimum atomic E-state index is -1.03. The lowest BCUT2D eigenvalue weighted by Crippen LogP contribution is -2.22. The van der Waals surface area contributed by atoms with Crippen LogP contribution in [0.4, 0.5) is 0 Å². The molecule has 0 atom stereocenters. The molecule has 6 heteroatoms. The Kier molecular flexibility index (Phi) is 3.80. The summed E-state index contributed by atoms with van der Waals surface area (Å²) in [7, 11) is 0. The van der Waals surface area contributed by atoms with E-state index in [2.05, 4.69) is 4.98 Å². The average Bonchev–Trinajstić information content (AvgIpc) is 2.37. The van der Waals surface area contributed by atoms with Crippen molar-refractivity contribution in [1.82, 2.24) is 9.55 Å². The zero-order valence-corrected chi connectivity index (χ0v) is 11.3. The monoisotopic (exact) mass is 278 g/mol. The highest BCUT2D eigenvalue weighted by Gasteiger charge is 2.08. The molecule has 1 aromatic heterocycles. The number of hydrogen-bond donors (Lipinski definition) is 2. The van der Waals surface area contributed by atoms with Crippen molar-refractivity contribution in [2.75, 3.05) is 0 Å². The topological polar surface area (TPSA) is 75.1 Å². The predicted octanol–water partition coefficient (Wildman–Crippen LogP) is 2.56. The number of carboxylic acid groups (broad SMARTS) is 1. The highest BCUT2D eigenvalue weighted by Crippen LogP contribution is 2.11. The van der Waals surface area contributed by atoms with E-state index in [-0.39, 0.29) is 11.1 Å². The zero-order chi connectivity index (χ0) is 14.0. The number of aromatic amines is 1. The summed E-state index contributed by atoms with van der Waals surface area (Å²) in [6, 6.07) is 4.38. The molecular formula is C13H14N2O3S. The standard InChI is InChI=1S/C13H14N2O3S/c1-2-3-6-15-11(16)9-5-4-8(12(17)18)7-10(9)14-13(15)19/h4-5,7H,2-3,6H2,1H3,(H,14,19)(H,17,18). The normalized spacial score (nSPS) is 10.8. The molecule has 0 amide bonds. The summed E-state index contributed by atoms with van der Waals surface area (Å²) >= 11 is 5.15. The van der Waals surface area contributed by atoms with E-state index >= 15 is 0 Å². The van der Waals surface area contributed by atoms with E-state index in [1.54, 1.807) is 0 Å². The zero-order valence-electron chi connectivity index (χ0n) is 10.5. The molecule has 0 aliphatic carbocycles. The summed E-state index contributed by atoms with van der Waals surface area (Å²) in [5, 5.41) is 9.38. The number of hydrogen-bond acceptors (Lipinski definition) is 3. The minimum absolute atomic E-state index is 0.129. The molecule has 0 bridgehead atoms. The van der Waals surface area contributed by atoms with Crippen LogP contribution >= 0.6 is 12.2 Å². The molecule has 0 fully saturated rings. The van der Waals surface area contributed by atoms with Crippen LogP contribution in [0.15, 0.2) is 23.0 Å². The fraction of sp³-hybridized carbons (Fsp3) is 0.308. The number of fused-ring (bicyclic) bond motifs is 1. The van der Waals surface area contributed by atoms with Gasteiger partial charge >= 0.3 is 5.97 Å². The molecule has 19 heavy (non-hydrogen) atoms. The average molecular weight is 278 g/mol. The Morgan fingerprint density at radius 1 is 1.47 bits per heavy atom. The Labute approximate surface area is 114 Å². The lowest BCUT2D eigenvalue weighted by molar-refractivity contribution is 0.0697. The molecule has 2 N–H and O–H groups in total. The molecule has 1 aromatic carbocycles. The van der Waals surface area contributed by atoms with Crippen LogP contribution < -0.4 is 5.56 Å². The van der Waals surface area contributed by atoms with E-state index in [1.807, 2.05) is 6.92 Å². The summed E-state index contributed by atoms with van der Waals surface area (Å²) in [5.74, 6) is -1.03. The Balaban J connectivity index is 2.66. The lowest BCUT2D eigenvalue weighted by Gasteiger charge is -2.07. The van der Waals surface area contributed by atoms with Gasteiger partial charge in [0.2, 0.25) is 0 Å². The third-order valence-electron chi connectivity index (χ3n) is 2.96. The maximum Gasteiger partial charge on any atom is 0.335 e. The van der Waals surface area contributed by atoms with Gasteiger partial charge in [-0.15, -0.1) is 0 Å². The van der Waals surface area contributed by atoms with Gasteiger partial charge in [-0.1, -0.05) is 13.3 Å². The second-order valence-corrected chi connectivity index (χ2v) is 4.69. The molecule has 1 heterocycles. The second kappa shape index (κ2) is 5.36. The molecule has 0 radical (unpaired) electrons. The number of H-pyrrole nitrogens is 1. The Hall–Kier alpha value is -1.95. The van der Waals surface area contributed by atoms with Crippen LogP contribution in [-0.4, -0.2) is 20.6 Å². The van der Waals surface area contributed by atoms with E-state index in [4.69, 9.17) is 17.3 Å². The second-order valence-electron chi connectivity index (χ2n) is 4.31. The van der Waals surface area contributed by atoms with Crippen molar-refractivity contribution in [3.63, 3.8) is 0 Å². The molecule has 5 nitrogen and oxygen atoms in total. The van der Waals surface area contributed by atoms with E-state index < -0.39 is 5.97 Å². The highest BCUT2D eigenvalue weighted by atomic mass is 32.1. The van der Waals surface area contributed by atoms with Crippen molar-refractivity contribution in [2.45, 2.75) is 26.3 Å². The van der Waals surface area contributed by atoms with Crippen molar-refractivity contribution >= 4 is 29.1 Å². The lowest BCUT2D eigenvalue weighted by atomic mass is 10.1. The molecule has 2 rings (SSSR count). The van der Waals surface area contributed by atoms with E-state index in [0.717, 1.165) is 12.8 Å². The van der Waals surface area contributed by atoms with Gasteiger partial charge < -0.3 is 10.1 Å². The van der Waals surface area contributed by atoms with Crippen LogP contribution in [0.1, 0.15) is 30.1 Å². The molecule has 0 spiro atoms. The molecular weight excluding hydrogens is 264 g/mol. The molecule has 0 aliphatic rings.